The molecule has 0 unspecified atom stereocenters. The van der Waals surface area contributed by atoms with Crippen LogP contribution < -0.4 is 0 Å². The number of hydrogen-bond donors (Lipinski definition) is 0. The van der Waals surface area contributed by atoms with Gasteiger partial charge >= 0.3 is 5.97 Å². The number of aromatic nitrogens is 1. The molecule has 0 radical (unpaired) electrons. The Hall–Kier alpha value is -5.10. The molecule has 5 aromatic rings. The third-order valence-electron chi connectivity index (χ3n) is 6.02. The molecule has 4 aromatic carbocycles. The Bertz CT molecular complexity index is 1860. The number of carbonyl (C=O) groups is 1. The summed E-state index contributed by atoms with van der Waals surface area (Å²) in [7, 11) is -4.26. The summed E-state index contributed by atoms with van der Waals surface area (Å²) in [5.74, 6) is -0.647. The molecule has 0 aliphatic carbocycles. The van der Waals surface area contributed by atoms with Crippen molar-refractivity contribution in [1.29, 1.82) is 0 Å². The number of rotatable bonds is 7. The Morgan fingerprint density at radius 1 is 0.816 bits per heavy atom. The molecule has 38 heavy (non-hydrogen) atoms. The van der Waals surface area contributed by atoms with Gasteiger partial charge in [0.15, 0.2) is 0 Å². The van der Waals surface area contributed by atoms with Crippen molar-refractivity contribution >= 4 is 49.0 Å². The Morgan fingerprint density at radius 3 is 2.18 bits per heavy atom. The van der Waals surface area contributed by atoms with Gasteiger partial charge < -0.3 is 4.74 Å². The van der Waals surface area contributed by atoms with Crippen LogP contribution in [0.5, 0.6) is 0 Å². The average Bonchev–Trinajstić information content (AvgIpc) is 3.30. The van der Waals surface area contributed by atoms with Crippen molar-refractivity contribution in [2.45, 2.75) is 11.5 Å². The zero-order valence-electron chi connectivity index (χ0n) is 19.4. The van der Waals surface area contributed by atoms with E-state index in [0.717, 1.165) is 39.7 Å². The summed E-state index contributed by atoms with van der Waals surface area (Å²) in [6.45, 7) is -0.359. The van der Waals surface area contributed by atoms with Crippen molar-refractivity contribution in [3.63, 3.8) is 0 Å². The smallest absolute Gasteiger partial charge is 0.339 e. The third kappa shape index (κ3) is 4.33. The van der Waals surface area contributed by atoms with Crippen molar-refractivity contribution in [3.8, 4) is 0 Å². The number of benzene rings is 4. The number of esters is 1. The molecule has 0 bridgehead atoms. The van der Waals surface area contributed by atoms with Crippen LogP contribution in [0.25, 0.3) is 21.7 Å². The van der Waals surface area contributed by atoms with Gasteiger partial charge in [0, 0.05) is 41.4 Å². The second-order valence-electron chi connectivity index (χ2n) is 8.27. The maximum Gasteiger partial charge on any atom is 0.339 e. The van der Waals surface area contributed by atoms with Crippen LogP contribution in [0.3, 0.4) is 0 Å². The van der Waals surface area contributed by atoms with Gasteiger partial charge in [-0.1, -0.05) is 36.4 Å². The van der Waals surface area contributed by atoms with Gasteiger partial charge in [-0.25, -0.2) is 17.2 Å². The van der Waals surface area contributed by atoms with Gasteiger partial charge in [0.05, 0.1) is 25.8 Å². The molecule has 0 saturated heterocycles. The molecule has 1 heterocycles. The second-order valence-corrected chi connectivity index (χ2v) is 10.1. The predicted octanol–water partition coefficient (Wildman–Crippen LogP) is 5.20. The summed E-state index contributed by atoms with van der Waals surface area (Å²) in [6.07, 6.45) is 1.22. The molecule has 0 N–H and O–H groups in total. The lowest BCUT2D eigenvalue weighted by Crippen LogP contribution is -2.12. The number of hydrogen-bond acceptors (Lipinski definition) is 8. The van der Waals surface area contributed by atoms with Crippen LogP contribution in [0, 0.1) is 20.2 Å². The van der Waals surface area contributed by atoms with E-state index in [4.69, 9.17) is 4.74 Å². The number of nitro groups is 2. The highest BCUT2D eigenvalue weighted by molar-refractivity contribution is 7.90. The van der Waals surface area contributed by atoms with Crippen molar-refractivity contribution < 1.29 is 27.8 Å². The van der Waals surface area contributed by atoms with E-state index in [1.54, 1.807) is 24.3 Å². The highest BCUT2D eigenvalue weighted by Gasteiger charge is 2.24. The molecule has 0 spiro atoms. The summed E-state index contributed by atoms with van der Waals surface area (Å²) in [6, 6.07) is 20.4. The lowest BCUT2D eigenvalue weighted by molar-refractivity contribution is -0.385. The monoisotopic (exact) mass is 531 g/mol. The fourth-order valence-corrected chi connectivity index (χ4v) is 5.55. The topological polar surface area (TPSA) is 152 Å². The molecule has 190 valence electrons. The number of nitrogens with zero attached hydrogens (tertiary/aromatic N) is 3. The van der Waals surface area contributed by atoms with Gasteiger partial charge in [0.1, 0.15) is 6.61 Å². The fourth-order valence-electron chi connectivity index (χ4n) is 4.16. The van der Waals surface area contributed by atoms with Crippen LogP contribution in [0.4, 0.5) is 11.4 Å². The first-order chi connectivity index (χ1) is 18.2. The lowest BCUT2D eigenvalue weighted by atomic mass is 10.0. The van der Waals surface area contributed by atoms with Crippen molar-refractivity contribution in [3.05, 3.63) is 122 Å². The van der Waals surface area contributed by atoms with Gasteiger partial charge in [-0.3, -0.25) is 20.2 Å². The largest absolute Gasteiger partial charge is 0.457 e. The van der Waals surface area contributed by atoms with Gasteiger partial charge in [-0.2, -0.15) is 0 Å². The second kappa shape index (κ2) is 9.41. The SMILES string of the molecule is O=C(OCc1cn(S(=O)(=O)c2ccc([N+](=O)[O-])cc2)c2ccc([N+](=O)[O-])cc12)c1cccc2ccccc12. The lowest BCUT2D eigenvalue weighted by Gasteiger charge is -2.07. The Kier molecular flexibility index (Phi) is 6.09. The minimum Gasteiger partial charge on any atom is -0.457 e. The number of non-ortho nitro benzene ring substituents is 2. The fraction of sp³-hybridized carbons (Fsp3) is 0.0385. The predicted molar refractivity (Wildman–Crippen MR) is 137 cm³/mol. The van der Waals surface area contributed by atoms with Crippen molar-refractivity contribution in [1.82, 2.24) is 3.97 Å². The first-order valence-electron chi connectivity index (χ1n) is 11.1. The molecule has 0 fully saturated rings. The van der Waals surface area contributed by atoms with Crippen LogP contribution in [-0.4, -0.2) is 28.2 Å². The van der Waals surface area contributed by atoms with E-state index in [1.165, 1.54) is 18.3 Å². The van der Waals surface area contributed by atoms with Crippen molar-refractivity contribution in [2.24, 2.45) is 0 Å². The first-order valence-corrected chi connectivity index (χ1v) is 12.5. The van der Waals surface area contributed by atoms with Gasteiger partial charge in [-0.15, -0.1) is 0 Å². The number of carbonyl (C=O) groups excluding carboxylic acids is 1. The van der Waals surface area contributed by atoms with Crippen LogP contribution >= 0.6 is 0 Å². The van der Waals surface area contributed by atoms with E-state index in [9.17, 15) is 33.4 Å². The molecular weight excluding hydrogens is 514 g/mol. The first kappa shape index (κ1) is 24.6. The third-order valence-corrected chi connectivity index (χ3v) is 7.71. The van der Waals surface area contributed by atoms with E-state index >= 15 is 0 Å². The summed E-state index contributed by atoms with van der Waals surface area (Å²) in [4.78, 5) is 33.8. The molecule has 0 atom stereocenters. The van der Waals surface area contributed by atoms with Gasteiger partial charge in [-0.05, 0) is 35.0 Å². The highest BCUT2D eigenvalue weighted by Crippen LogP contribution is 2.31. The van der Waals surface area contributed by atoms with Crippen LogP contribution in [0.15, 0.2) is 96.0 Å². The zero-order valence-corrected chi connectivity index (χ0v) is 20.2. The van der Waals surface area contributed by atoms with E-state index < -0.39 is 25.8 Å². The summed E-state index contributed by atoms with van der Waals surface area (Å²) < 4.78 is 33.3. The standard InChI is InChI=1S/C26H17N3O8S/c30-26(23-7-3-5-17-4-1-2-6-22(17)23)37-16-18-15-27(25-13-10-20(29(33)34)14-24(18)25)38(35,36)21-11-8-19(9-12-21)28(31)32/h1-15H,16H2. The maximum atomic E-state index is 13.4. The molecule has 0 aliphatic heterocycles. The van der Waals surface area contributed by atoms with Gasteiger partial charge in [0.25, 0.3) is 21.4 Å². The molecule has 5 rings (SSSR count). The normalized spacial score (nSPS) is 11.5. The minimum absolute atomic E-state index is 0.116. The maximum absolute atomic E-state index is 13.4. The Morgan fingerprint density at radius 2 is 1.47 bits per heavy atom. The highest BCUT2D eigenvalue weighted by atomic mass is 32.2. The molecule has 1 aromatic heterocycles. The molecule has 0 amide bonds. The molecular formula is C26H17N3O8S. The van der Waals surface area contributed by atoms with Crippen molar-refractivity contribution in [2.75, 3.05) is 0 Å². The molecule has 0 aliphatic rings. The number of fused-ring (bicyclic) bond motifs is 2. The number of ether oxygens (including phenoxy) is 1. The zero-order chi connectivity index (χ0) is 27.0. The van der Waals surface area contributed by atoms with E-state index in [1.807, 2.05) is 18.2 Å². The quantitative estimate of drug-likeness (QED) is 0.158. The van der Waals surface area contributed by atoms with Crippen LogP contribution in [0.1, 0.15) is 15.9 Å². The molecule has 11 nitrogen and oxygen atoms in total. The summed E-state index contributed by atoms with van der Waals surface area (Å²) >= 11 is 0. The van der Waals surface area contributed by atoms with E-state index in [2.05, 4.69) is 0 Å². The number of nitro benzene ring substituents is 2. The summed E-state index contributed by atoms with van der Waals surface area (Å²) in [5.41, 5.74) is 0.104. The van der Waals surface area contributed by atoms with Crippen LogP contribution in [-0.2, 0) is 21.4 Å². The van der Waals surface area contributed by atoms with Crippen LogP contribution in [0.2, 0.25) is 0 Å². The average molecular weight is 532 g/mol. The van der Waals surface area contributed by atoms with Gasteiger partial charge in [0.2, 0.25) is 0 Å². The Balaban J connectivity index is 1.55. The Labute approximate surface area is 214 Å². The minimum atomic E-state index is -4.26. The van der Waals surface area contributed by atoms with E-state index in [-0.39, 0.29) is 39.3 Å². The molecule has 12 heteroatoms. The van der Waals surface area contributed by atoms with E-state index in [0.29, 0.717) is 10.9 Å². The summed E-state index contributed by atoms with van der Waals surface area (Å²) in [5, 5.41) is 24.1. The molecule has 0 saturated carbocycles.